The molecular formula is C22H18F4N4O2. The molecule has 4 N–H and O–H groups in total. The van der Waals surface area contributed by atoms with E-state index in [-0.39, 0.29) is 33.8 Å². The fraction of sp³-hybridized carbons (Fsp3) is 0.182. The van der Waals surface area contributed by atoms with Crippen molar-refractivity contribution in [3.63, 3.8) is 0 Å². The van der Waals surface area contributed by atoms with Crippen LogP contribution in [-0.4, -0.2) is 30.1 Å². The molecule has 10 heteroatoms. The van der Waals surface area contributed by atoms with E-state index in [2.05, 4.69) is 19.9 Å². The Hall–Kier alpha value is -3.50. The summed E-state index contributed by atoms with van der Waals surface area (Å²) in [4.78, 5) is 13.4. The van der Waals surface area contributed by atoms with E-state index in [1.807, 2.05) is 0 Å². The van der Waals surface area contributed by atoms with Gasteiger partial charge in [0.15, 0.2) is 0 Å². The van der Waals surface area contributed by atoms with Gasteiger partial charge in [0.2, 0.25) is 0 Å². The van der Waals surface area contributed by atoms with Crippen molar-refractivity contribution in [1.29, 1.82) is 0 Å². The maximum Gasteiger partial charge on any atom is 0.416 e. The second-order valence-electron chi connectivity index (χ2n) is 7.23. The first-order valence-corrected chi connectivity index (χ1v) is 9.53. The molecule has 0 aliphatic carbocycles. The van der Waals surface area contributed by atoms with Gasteiger partial charge in [-0.05, 0) is 30.2 Å². The van der Waals surface area contributed by atoms with Crippen LogP contribution >= 0.6 is 0 Å². The van der Waals surface area contributed by atoms with Crippen molar-refractivity contribution in [3.05, 3.63) is 94.6 Å². The molecule has 166 valence electrons. The number of alkyl halides is 3. The van der Waals surface area contributed by atoms with E-state index in [1.165, 1.54) is 56.0 Å². The third-order valence-electron chi connectivity index (χ3n) is 5.26. The highest BCUT2D eigenvalue weighted by Crippen LogP contribution is 2.36. The number of benzene rings is 2. The topological polar surface area (TPSA) is 97.8 Å². The number of halogens is 4. The van der Waals surface area contributed by atoms with E-state index in [0.717, 1.165) is 6.07 Å². The summed E-state index contributed by atoms with van der Waals surface area (Å²) in [5.74, 6) is -0.680. The number of hydrogen-bond donors (Lipinski definition) is 4. The first-order valence-electron chi connectivity index (χ1n) is 9.53. The van der Waals surface area contributed by atoms with Gasteiger partial charge in [0.25, 0.3) is 0 Å². The Kier molecular flexibility index (Phi) is 5.57. The first-order chi connectivity index (χ1) is 15.2. The Morgan fingerprint density at radius 1 is 0.938 bits per heavy atom. The van der Waals surface area contributed by atoms with Gasteiger partial charge in [-0.3, -0.25) is 0 Å². The molecule has 2 aromatic carbocycles. The maximum atomic E-state index is 15.1. The lowest BCUT2D eigenvalue weighted by atomic mass is 9.97. The number of imidazole rings is 2. The zero-order valence-electron chi connectivity index (χ0n) is 16.7. The van der Waals surface area contributed by atoms with E-state index in [0.29, 0.717) is 5.69 Å². The fourth-order valence-electron chi connectivity index (χ4n) is 3.56. The fourth-order valence-corrected chi connectivity index (χ4v) is 3.56. The van der Waals surface area contributed by atoms with Crippen LogP contribution in [0, 0.1) is 12.7 Å². The molecule has 2 unspecified atom stereocenters. The highest BCUT2D eigenvalue weighted by atomic mass is 19.4. The quantitative estimate of drug-likeness (QED) is 0.341. The largest absolute Gasteiger partial charge is 0.416 e. The zero-order chi connectivity index (χ0) is 23.0. The molecule has 0 fully saturated rings. The molecule has 0 radical (unpaired) electrons. The summed E-state index contributed by atoms with van der Waals surface area (Å²) in [6, 6.07) is 7.92. The number of nitrogens with zero attached hydrogens (tertiary/aromatic N) is 2. The second kappa shape index (κ2) is 8.21. The molecule has 0 amide bonds. The van der Waals surface area contributed by atoms with E-state index < -0.39 is 29.8 Å². The van der Waals surface area contributed by atoms with Gasteiger partial charge in [-0.2, -0.15) is 13.2 Å². The Morgan fingerprint density at radius 2 is 1.62 bits per heavy atom. The van der Waals surface area contributed by atoms with Crippen LogP contribution in [-0.2, 0) is 6.18 Å². The highest BCUT2D eigenvalue weighted by molar-refractivity contribution is 5.58. The van der Waals surface area contributed by atoms with E-state index >= 15 is 4.39 Å². The van der Waals surface area contributed by atoms with Gasteiger partial charge in [0.1, 0.15) is 23.8 Å². The summed E-state index contributed by atoms with van der Waals surface area (Å²) in [6.07, 6.45) is -3.31. The van der Waals surface area contributed by atoms with Crippen molar-refractivity contribution in [1.82, 2.24) is 19.9 Å². The third-order valence-corrected chi connectivity index (χ3v) is 5.26. The molecule has 0 saturated heterocycles. The van der Waals surface area contributed by atoms with Crippen LogP contribution in [0.25, 0.3) is 11.4 Å². The van der Waals surface area contributed by atoms with Crippen molar-refractivity contribution in [2.45, 2.75) is 25.3 Å². The van der Waals surface area contributed by atoms with Crippen LogP contribution in [0.1, 0.15) is 45.8 Å². The second-order valence-corrected chi connectivity index (χ2v) is 7.23. The molecule has 4 aromatic rings. The smallest absolute Gasteiger partial charge is 0.382 e. The Bertz CT molecular complexity index is 1240. The van der Waals surface area contributed by atoms with Gasteiger partial charge in [-0.15, -0.1) is 0 Å². The minimum atomic E-state index is -4.56. The van der Waals surface area contributed by atoms with Crippen LogP contribution in [0.3, 0.4) is 0 Å². The molecule has 0 spiro atoms. The predicted octanol–water partition coefficient (Wildman–Crippen LogP) is 4.43. The lowest BCUT2D eigenvalue weighted by molar-refractivity contribution is -0.138. The predicted molar refractivity (Wildman–Crippen MR) is 107 cm³/mol. The zero-order valence-corrected chi connectivity index (χ0v) is 16.7. The SMILES string of the molecule is Cc1c(C(O)c2cnc(-c3cccc(C(O)c4cnc[nH]4)c3F)[nH]2)cccc1C(F)(F)F. The van der Waals surface area contributed by atoms with Gasteiger partial charge < -0.3 is 20.2 Å². The summed E-state index contributed by atoms with van der Waals surface area (Å²) < 4.78 is 54.7. The Balaban J connectivity index is 1.68. The number of aromatic nitrogens is 4. The number of aromatic amines is 2. The minimum Gasteiger partial charge on any atom is -0.382 e. The van der Waals surface area contributed by atoms with Crippen molar-refractivity contribution in [2.75, 3.05) is 0 Å². The van der Waals surface area contributed by atoms with Crippen molar-refractivity contribution in [3.8, 4) is 11.4 Å². The summed E-state index contributed by atoms with van der Waals surface area (Å²) in [5.41, 5.74) is -0.490. The number of aliphatic hydroxyl groups excluding tert-OH is 2. The molecule has 0 bridgehead atoms. The Morgan fingerprint density at radius 3 is 2.31 bits per heavy atom. The number of aliphatic hydroxyl groups is 2. The molecule has 6 nitrogen and oxygen atoms in total. The number of rotatable bonds is 5. The van der Waals surface area contributed by atoms with E-state index in [1.54, 1.807) is 0 Å². The molecule has 0 aliphatic heterocycles. The molecule has 2 atom stereocenters. The highest BCUT2D eigenvalue weighted by Gasteiger charge is 2.34. The van der Waals surface area contributed by atoms with E-state index in [9.17, 15) is 23.4 Å². The monoisotopic (exact) mass is 446 g/mol. The van der Waals surface area contributed by atoms with Crippen molar-refractivity contribution >= 4 is 0 Å². The molecule has 4 rings (SSSR count). The van der Waals surface area contributed by atoms with Crippen LogP contribution in [0.15, 0.2) is 55.1 Å². The van der Waals surface area contributed by atoms with Gasteiger partial charge in [0, 0.05) is 5.56 Å². The normalized spacial score (nSPS) is 13.8. The van der Waals surface area contributed by atoms with Crippen LogP contribution in [0.4, 0.5) is 17.6 Å². The maximum absolute atomic E-state index is 15.1. The molecule has 0 aliphatic rings. The first kappa shape index (κ1) is 21.7. The molecular weight excluding hydrogens is 428 g/mol. The standard InChI is InChI=1S/C22H18F4N4O2/c1-11-12(4-3-7-15(11)22(24,25)26)19(31)17-9-28-21(30-17)14-6-2-5-13(18(14)23)20(32)16-8-27-10-29-16/h2-10,19-20,31-32H,1H3,(H,27,29)(H,28,30). The lowest BCUT2D eigenvalue weighted by Gasteiger charge is -2.17. The lowest BCUT2D eigenvalue weighted by Crippen LogP contribution is -2.11. The summed E-state index contributed by atoms with van der Waals surface area (Å²) in [7, 11) is 0. The van der Waals surface area contributed by atoms with Crippen LogP contribution in [0.5, 0.6) is 0 Å². The van der Waals surface area contributed by atoms with Gasteiger partial charge in [0.05, 0.1) is 41.2 Å². The van der Waals surface area contributed by atoms with Crippen molar-refractivity contribution < 1.29 is 27.8 Å². The van der Waals surface area contributed by atoms with Gasteiger partial charge >= 0.3 is 6.18 Å². The van der Waals surface area contributed by atoms with Crippen molar-refractivity contribution in [2.24, 2.45) is 0 Å². The Labute approximate surface area is 179 Å². The molecule has 2 aromatic heterocycles. The van der Waals surface area contributed by atoms with E-state index in [4.69, 9.17) is 0 Å². The van der Waals surface area contributed by atoms with Gasteiger partial charge in [-0.1, -0.05) is 24.3 Å². The minimum absolute atomic E-state index is 0.0148. The number of hydrogen-bond acceptors (Lipinski definition) is 4. The average molecular weight is 446 g/mol. The van der Waals surface area contributed by atoms with Gasteiger partial charge in [-0.25, -0.2) is 14.4 Å². The van der Waals surface area contributed by atoms with Crippen LogP contribution < -0.4 is 0 Å². The summed E-state index contributed by atoms with van der Waals surface area (Å²) >= 11 is 0. The average Bonchev–Trinajstić information content (AvgIpc) is 3.45. The molecule has 2 heterocycles. The summed E-state index contributed by atoms with van der Waals surface area (Å²) in [5, 5.41) is 21.1. The third kappa shape index (κ3) is 3.90. The summed E-state index contributed by atoms with van der Waals surface area (Å²) in [6.45, 7) is 1.28. The molecule has 32 heavy (non-hydrogen) atoms. The van der Waals surface area contributed by atoms with Crippen LogP contribution in [0.2, 0.25) is 0 Å². The molecule has 0 saturated carbocycles. The number of H-pyrrole nitrogens is 2. The number of nitrogens with one attached hydrogen (secondary N) is 2.